The maximum Gasteiger partial charge on any atom is 0.299 e. The average Bonchev–Trinajstić information content (AvgIpc) is 2.30. The summed E-state index contributed by atoms with van der Waals surface area (Å²) < 4.78 is 29.7. The lowest BCUT2D eigenvalue weighted by Crippen LogP contribution is -2.15. The molecule has 0 atom stereocenters. The molecule has 0 radical (unpaired) electrons. The zero-order valence-corrected chi connectivity index (χ0v) is 11.8. The summed E-state index contributed by atoms with van der Waals surface area (Å²) >= 11 is 6.38. The summed E-state index contributed by atoms with van der Waals surface area (Å²) in [5, 5.41) is 0. The van der Waals surface area contributed by atoms with E-state index in [-0.39, 0.29) is 11.1 Å². The van der Waals surface area contributed by atoms with Crippen molar-refractivity contribution in [3.05, 3.63) is 68.6 Å². The number of hydrogen-bond donors (Lipinski definition) is 0. The van der Waals surface area contributed by atoms with Gasteiger partial charge in [0.15, 0.2) is 0 Å². The van der Waals surface area contributed by atoms with Gasteiger partial charge in [0.05, 0.1) is 0 Å². The van der Waals surface area contributed by atoms with Crippen LogP contribution in [-0.2, 0) is 5.92 Å². The molecule has 4 heteroatoms. The first-order valence-electron chi connectivity index (χ1n) is 4.90. The van der Waals surface area contributed by atoms with Crippen molar-refractivity contribution in [2.45, 2.75) is 5.92 Å². The summed E-state index contributed by atoms with van der Waals surface area (Å²) in [4.78, 5) is 0. The van der Waals surface area contributed by atoms with Gasteiger partial charge in [-0.05, 0) is 18.2 Å². The Morgan fingerprint density at radius 3 is 2.00 bits per heavy atom. The molecule has 0 fully saturated rings. The quantitative estimate of drug-likeness (QED) is 0.676. The molecule has 2 aromatic carbocycles. The van der Waals surface area contributed by atoms with Crippen LogP contribution in [0, 0.1) is 0 Å². The van der Waals surface area contributed by atoms with E-state index in [1.807, 2.05) is 0 Å². The van der Waals surface area contributed by atoms with Gasteiger partial charge in [0.25, 0.3) is 5.92 Å². The molecule has 0 spiro atoms. The van der Waals surface area contributed by atoms with Crippen molar-refractivity contribution in [2.75, 3.05) is 0 Å². The normalized spacial score (nSPS) is 11.5. The van der Waals surface area contributed by atoms with Gasteiger partial charge < -0.3 is 0 Å². The first-order chi connectivity index (χ1) is 8.01. The minimum Gasteiger partial charge on any atom is -0.196 e. The molecule has 0 nitrogen and oxygen atoms in total. The van der Waals surface area contributed by atoms with Crippen molar-refractivity contribution < 1.29 is 8.78 Å². The number of hydrogen-bond acceptors (Lipinski definition) is 0. The third-order valence-corrected chi connectivity index (χ3v) is 3.64. The van der Waals surface area contributed by atoms with Gasteiger partial charge in [0, 0.05) is 20.1 Å². The summed E-state index contributed by atoms with van der Waals surface area (Å²) in [5.41, 5.74) is -0.0464. The fraction of sp³-hybridized carbons (Fsp3) is 0.0769. The molecule has 0 saturated carbocycles. The van der Waals surface area contributed by atoms with E-state index in [1.54, 1.807) is 30.3 Å². The Labute approximate surface area is 115 Å². The van der Waals surface area contributed by atoms with E-state index in [0.717, 1.165) is 4.47 Å². The molecule has 0 unspecified atom stereocenters. The van der Waals surface area contributed by atoms with Crippen molar-refractivity contribution in [1.82, 2.24) is 0 Å². The summed E-state index contributed by atoms with van der Waals surface area (Å²) in [6, 6.07) is 12.4. The molecule has 2 rings (SSSR count). The fourth-order valence-electron chi connectivity index (χ4n) is 1.53. The van der Waals surface area contributed by atoms with Crippen LogP contribution in [0.25, 0.3) is 0 Å². The van der Waals surface area contributed by atoms with E-state index in [4.69, 9.17) is 0 Å². The second-order valence-electron chi connectivity index (χ2n) is 3.56. The maximum absolute atomic E-state index is 14.2. The van der Waals surface area contributed by atoms with Gasteiger partial charge in [-0.3, -0.25) is 0 Å². The summed E-state index contributed by atoms with van der Waals surface area (Å²) in [6.07, 6.45) is 0. The van der Waals surface area contributed by atoms with E-state index in [2.05, 4.69) is 31.9 Å². The van der Waals surface area contributed by atoms with Crippen LogP contribution in [0.3, 0.4) is 0 Å². The minimum atomic E-state index is -3.00. The molecule has 88 valence electrons. The van der Waals surface area contributed by atoms with Crippen LogP contribution in [0.15, 0.2) is 57.5 Å². The molecular formula is C13H8Br2F2. The second kappa shape index (κ2) is 4.86. The molecule has 0 heterocycles. The summed E-state index contributed by atoms with van der Waals surface area (Å²) in [6.45, 7) is 0. The van der Waals surface area contributed by atoms with Crippen LogP contribution in [-0.4, -0.2) is 0 Å². The Bertz CT molecular complexity index is 521. The lowest BCUT2D eigenvalue weighted by Gasteiger charge is -2.18. The zero-order chi connectivity index (χ0) is 12.5. The van der Waals surface area contributed by atoms with E-state index in [9.17, 15) is 8.78 Å². The third-order valence-electron chi connectivity index (χ3n) is 2.42. The second-order valence-corrected chi connectivity index (χ2v) is 5.33. The molecule has 17 heavy (non-hydrogen) atoms. The number of halogens is 4. The highest BCUT2D eigenvalue weighted by atomic mass is 79.9. The SMILES string of the molecule is FC(F)(c1ccc(Br)cc1)c1ccccc1Br. The van der Waals surface area contributed by atoms with Gasteiger partial charge in [0.1, 0.15) is 0 Å². The summed E-state index contributed by atoms with van der Waals surface area (Å²) in [7, 11) is 0. The van der Waals surface area contributed by atoms with Crippen LogP contribution >= 0.6 is 31.9 Å². The molecule has 2 aromatic rings. The molecule has 0 saturated heterocycles. The van der Waals surface area contributed by atoms with E-state index in [0.29, 0.717) is 4.47 Å². The average molecular weight is 362 g/mol. The molecule has 0 aromatic heterocycles. The first kappa shape index (κ1) is 12.7. The van der Waals surface area contributed by atoms with Crippen molar-refractivity contribution in [3.63, 3.8) is 0 Å². The molecule has 0 N–H and O–H groups in total. The predicted molar refractivity (Wildman–Crippen MR) is 71.3 cm³/mol. The Kier molecular flexibility index (Phi) is 3.64. The van der Waals surface area contributed by atoms with Crippen LogP contribution in [0.2, 0.25) is 0 Å². The van der Waals surface area contributed by atoms with Gasteiger partial charge in [-0.15, -0.1) is 0 Å². The minimum absolute atomic E-state index is 0.0207. The number of alkyl halides is 2. The lowest BCUT2D eigenvalue weighted by atomic mass is 10.0. The van der Waals surface area contributed by atoms with Crippen molar-refractivity contribution in [1.29, 1.82) is 0 Å². The number of benzene rings is 2. The fourth-order valence-corrected chi connectivity index (χ4v) is 2.33. The smallest absolute Gasteiger partial charge is 0.196 e. The topological polar surface area (TPSA) is 0 Å². The van der Waals surface area contributed by atoms with Gasteiger partial charge in [-0.2, -0.15) is 8.78 Å². The van der Waals surface area contributed by atoms with Gasteiger partial charge >= 0.3 is 0 Å². The lowest BCUT2D eigenvalue weighted by molar-refractivity contribution is 0.0420. The predicted octanol–water partition coefficient (Wildman–Crippen LogP) is 5.35. The van der Waals surface area contributed by atoms with Crippen LogP contribution < -0.4 is 0 Å². The highest BCUT2D eigenvalue weighted by molar-refractivity contribution is 9.10. The maximum atomic E-state index is 14.2. The Morgan fingerprint density at radius 2 is 1.41 bits per heavy atom. The molecule has 0 bridgehead atoms. The van der Waals surface area contributed by atoms with Crippen LogP contribution in [0.4, 0.5) is 8.78 Å². The molecule has 0 aliphatic rings. The molecule has 0 amide bonds. The third kappa shape index (κ3) is 2.58. The number of rotatable bonds is 2. The van der Waals surface area contributed by atoms with E-state index in [1.165, 1.54) is 18.2 Å². The molecule has 0 aliphatic heterocycles. The Morgan fingerprint density at radius 1 is 0.824 bits per heavy atom. The van der Waals surface area contributed by atoms with E-state index >= 15 is 0 Å². The van der Waals surface area contributed by atoms with Gasteiger partial charge in [0.2, 0.25) is 0 Å². The van der Waals surface area contributed by atoms with Crippen LogP contribution in [0.1, 0.15) is 11.1 Å². The van der Waals surface area contributed by atoms with Crippen molar-refractivity contribution >= 4 is 31.9 Å². The standard InChI is InChI=1S/C13H8Br2F2/c14-10-7-5-9(6-8-10)13(16,17)11-3-1-2-4-12(11)15/h1-8H. The molecule has 0 aliphatic carbocycles. The zero-order valence-electron chi connectivity index (χ0n) is 8.63. The monoisotopic (exact) mass is 360 g/mol. The highest BCUT2D eigenvalue weighted by Gasteiger charge is 2.35. The Hall–Kier alpha value is -0.740. The largest absolute Gasteiger partial charge is 0.299 e. The molecular weight excluding hydrogens is 354 g/mol. The van der Waals surface area contributed by atoms with E-state index < -0.39 is 5.92 Å². The van der Waals surface area contributed by atoms with Crippen molar-refractivity contribution in [2.24, 2.45) is 0 Å². The van der Waals surface area contributed by atoms with Gasteiger partial charge in [-0.25, -0.2) is 0 Å². The van der Waals surface area contributed by atoms with Crippen molar-refractivity contribution in [3.8, 4) is 0 Å². The van der Waals surface area contributed by atoms with Crippen LogP contribution in [0.5, 0.6) is 0 Å². The summed E-state index contributed by atoms with van der Waals surface area (Å²) in [5.74, 6) is -3.00. The first-order valence-corrected chi connectivity index (χ1v) is 6.49. The highest BCUT2D eigenvalue weighted by Crippen LogP contribution is 2.39. The Balaban J connectivity index is 2.49. The van der Waals surface area contributed by atoms with Gasteiger partial charge in [-0.1, -0.05) is 62.2 Å².